The molecule has 6 heteroatoms. The smallest absolute Gasteiger partial charge is 0.171 e. The molecule has 4 nitrogen and oxygen atoms in total. The topological polar surface area (TPSA) is 43.6 Å². The molecule has 0 fully saturated rings. The summed E-state index contributed by atoms with van der Waals surface area (Å²) in [6, 6.07) is 0. The molecular weight excluding hydrogens is 300 g/mol. The molecule has 13 heavy (non-hydrogen) atoms. The fourth-order valence-electron chi connectivity index (χ4n) is 0.760. The third-order valence-electron chi connectivity index (χ3n) is 1.28. The van der Waals surface area contributed by atoms with Gasteiger partial charge in [0.1, 0.15) is 4.60 Å². The van der Waals surface area contributed by atoms with Crippen LogP contribution in [0.25, 0.3) is 5.82 Å². The minimum absolute atomic E-state index is 0.00437. The van der Waals surface area contributed by atoms with Crippen LogP contribution in [0.3, 0.4) is 0 Å². The lowest BCUT2D eigenvalue weighted by Crippen LogP contribution is -1.97. The van der Waals surface area contributed by atoms with Crippen LogP contribution in [0.5, 0.6) is 0 Å². The van der Waals surface area contributed by atoms with Gasteiger partial charge in [0, 0.05) is 6.17 Å². The molecule has 0 unspecified atom stereocenters. The van der Waals surface area contributed by atoms with Crippen LogP contribution in [0.15, 0.2) is 33.8 Å². The molecule has 0 aliphatic heterocycles. The molecule has 66 valence electrons. The first kappa shape index (κ1) is 6.67. The van der Waals surface area contributed by atoms with Gasteiger partial charge in [-0.2, -0.15) is 5.10 Å². The van der Waals surface area contributed by atoms with Crippen molar-refractivity contribution in [3.63, 3.8) is 0 Å². The molecule has 0 aliphatic rings. The van der Waals surface area contributed by atoms with E-state index in [4.69, 9.17) is 2.74 Å². The van der Waals surface area contributed by atoms with Crippen LogP contribution in [-0.2, 0) is 0 Å². The fourth-order valence-corrected chi connectivity index (χ4v) is 1.21. The lowest BCUT2D eigenvalue weighted by Gasteiger charge is -1.97. The average Bonchev–Trinajstić information content (AvgIpc) is 2.47. The first-order valence-corrected chi connectivity index (χ1v) is 4.88. The molecule has 0 N–H and O–H groups in total. The second kappa shape index (κ2) is 3.55. The standard InChI is InChI=1S/C7H4Br2N4/c8-5-1-12-13(4-5)7-3-10-6(9)2-11-7/h1-4H/i1D,4D. The van der Waals surface area contributed by atoms with E-state index in [0.29, 0.717) is 14.9 Å². The molecule has 0 bridgehead atoms. The van der Waals surface area contributed by atoms with E-state index in [0.717, 1.165) is 0 Å². The van der Waals surface area contributed by atoms with Crippen LogP contribution in [0.4, 0.5) is 0 Å². The average molecular weight is 306 g/mol. The highest BCUT2D eigenvalue weighted by Crippen LogP contribution is 2.10. The van der Waals surface area contributed by atoms with Crippen LogP contribution in [0.2, 0.25) is 0 Å². The molecule has 0 amide bonds. The number of rotatable bonds is 1. The van der Waals surface area contributed by atoms with Gasteiger partial charge in [0.2, 0.25) is 0 Å². The Morgan fingerprint density at radius 2 is 2.15 bits per heavy atom. The second-order valence-electron chi connectivity index (χ2n) is 2.15. The highest BCUT2D eigenvalue weighted by atomic mass is 79.9. The maximum atomic E-state index is 7.66. The van der Waals surface area contributed by atoms with Gasteiger partial charge in [0.15, 0.2) is 5.82 Å². The van der Waals surface area contributed by atoms with E-state index in [2.05, 4.69) is 46.9 Å². The monoisotopic (exact) mass is 304 g/mol. The molecule has 0 aromatic carbocycles. The Balaban J connectivity index is 2.54. The molecule has 2 rings (SSSR count). The Morgan fingerprint density at radius 3 is 2.69 bits per heavy atom. The SMILES string of the molecule is [2H]c1nn(-c2cnc(Br)cn2)c([2H])c1Br. The van der Waals surface area contributed by atoms with E-state index in [1.807, 2.05) is 0 Å². The predicted octanol–water partition coefficient (Wildman–Crippen LogP) is 2.19. The molecule has 0 aliphatic carbocycles. The van der Waals surface area contributed by atoms with Gasteiger partial charge in [-0.3, -0.25) is 0 Å². The Bertz CT molecular complexity index is 496. The van der Waals surface area contributed by atoms with Gasteiger partial charge in [0.25, 0.3) is 0 Å². The Labute approximate surface area is 94.1 Å². The Morgan fingerprint density at radius 1 is 1.31 bits per heavy atom. The third-order valence-corrected chi connectivity index (χ3v) is 2.04. The second-order valence-corrected chi connectivity index (χ2v) is 3.75. The van der Waals surface area contributed by atoms with Crippen molar-refractivity contribution in [2.24, 2.45) is 0 Å². The van der Waals surface area contributed by atoms with Crippen molar-refractivity contribution in [3.05, 3.63) is 33.8 Å². The van der Waals surface area contributed by atoms with Gasteiger partial charge >= 0.3 is 0 Å². The summed E-state index contributed by atoms with van der Waals surface area (Å²) in [5, 5.41) is 3.84. The molecule has 2 heterocycles. The lowest BCUT2D eigenvalue weighted by atomic mass is 10.6. The summed E-state index contributed by atoms with van der Waals surface area (Å²) in [6.45, 7) is 0. The summed E-state index contributed by atoms with van der Waals surface area (Å²) >= 11 is 6.26. The third kappa shape index (κ3) is 1.94. The molecule has 0 atom stereocenters. The summed E-state index contributed by atoms with van der Waals surface area (Å²) in [6.07, 6.45) is 3.07. The fraction of sp³-hybridized carbons (Fsp3) is 0. The first-order chi connectivity index (χ1) is 7.09. The highest BCUT2D eigenvalue weighted by molar-refractivity contribution is 9.10. The van der Waals surface area contributed by atoms with E-state index in [9.17, 15) is 0 Å². The van der Waals surface area contributed by atoms with Crippen molar-refractivity contribution < 1.29 is 2.74 Å². The zero-order valence-electron chi connectivity index (χ0n) is 8.20. The lowest BCUT2D eigenvalue weighted by molar-refractivity contribution is 0.835. The number of aromatic nitrogens is 4. The van der Waals surface area contributed by atoms with Gasteiger partial charge in [-0.25, -0.2) is 14.6 Å². The van der Waals surface area contributed by atoms with Crippen molar-refractivity contribution >= 4 is 31.9 Å². The van der Waals surface area contributed by atoms with E-state index >= 15 is 0 Å². The predicted molar refractivity (Wildman–Crippen MR) is 54.6 cm³/mol. The van der Waals surface area contributed by atoms with Crippen molar-refractivity contribution in [2.45, 2.75) is 0 Å². The van der Waals surface area contributed by atoms with Gasteiger partial charge in [-0.05, 0) is 31.9 Å². The quantitative estimate of drug-likeness (QED) is 0.811. The van der Waals surface area contributed by atoms with Crippen molar-refractivity contribution in [1.82, 2.24) is 19.7 Å². The van der Waals surface area contributed by atoms with Gasteiger partial charge < -0.3 is 0 Å². The molecule has 2 aromatic heterocycles. The Hall–Kier alpha value is -0.750. The summed E-state index contributed by atoms with van der Waals surface area (Å²) in [5.41, 5.74) is 0. The zero-order valence-corrected chi connectivity index (χ0v) is 9.37. The molecule has 0 saturated carbocycles. The van der Waals surface area contributed by atoms with Gasteiger partial charge in [0.05, 0.1) is 25.8 Å². The molecule has 2 aromatic rings. The van der Waals surface area contributed by atoms with Crippen LogP contribution in [0.1, 0.15) is 2.74 Å². The van der Waals surface area contributed by atoms with Crippen molar-refractivity contribution in [1.29, 1.82) is 0 Å². The maximum absolute atomic E-state index is 7.66. The number of halogens is 2. The van der Waals surface area contributed by atoms with Gasteiger partial charge in [-0.1, -0.05) is 0 Å². The largest absolute Gasteiger partial charge is 0.244 e. The molecular formula is C7H4Br2N4. The van der Waals surface area contributed by atoms with E-state index in [1.165, 1.54) is 17.1 Å². The summed E-state index contributed by atoms with van der Waals surface area (Å²) in [7, 11) is 0. The highest BCUT2D eigenvalue weighted by Gasteiger charge is 1.99. The van der Waals surface area contributed by atoms with Crippen LogP contribution < -0.4 is 0 Å². The molecule has 0 spiro atoms. The summed E-state index contributed by atoms with van der Waals surface area (Å²) in [4.78, 5) is 8.00. The Kier molecular flexibility index (Phi) is 1.82. The minimum Gasteiger partial charge on any atom is -0.244 e. The first-order valence-electron chi connectivity index (χ1n) is 4.29. The van der Waals surface area contributed by atoms with E-state index in [-0.39, 0.29) is 12.3 Å². The van der Waals surface area contributed by atoms with Gasteiger partial charge in [-0.15, -0.1) is 0 Å². The normalized spacial score (nSPS) is 12.5. The number of hydrogen-bond donors (Lipinski definition) is 0. The van der Waals surface area contributed by atoms with Crippen molar-refractivity contribution in [3.8, 4) is 5.82 Å². The molecule has 0 saturated heterocycles. The number of nitrogens with zero attached hydrogens (tertiary/aromatic N) is 4. The zero-order chi connectivity index (χ0) is 11.0. The number of hydrogen-bond acceptors (Lipinski definition) is 3. The summed E-state index contributed by atoms with van der Waals surface area (Å²) < 4.78 is 17.3. The van der Waals surface area contributed by atoms with E-state index in [1.54, 1.807) is 0 Å². The maximum Gasteiger partial charge on any atom is 0.171 e. The van der Waals surface area contributed by atoms with Crippen molar-refractivity contribution in [2.75, 3.05) is 0 Å². The summed E-state index contributed by atoms with van der Waals surface area (Å²) in [5.74, 6) is 0.405. The van der Waals surface area contributed by atoms with Crippen LogP contribution in [0, 0.1) is 0 Å². The molecule has 0 radical (unpaired) electrons. The van der Waals surface area contributed by atoms with E-state index < -0.39 is 0 Å². The van der Waals surface area contributed by atoms with Crippen LogP contribution in [-0.4, -0.2) is 19.7 Å². The minimum atomic E-state index is 0.00437. The van der Waals surface area contributed by atoms with Crippen LogP contribution >= 0.6 is 31.9 Å².